The Balaban J connectivity index is 0.00000180. The van der Waals surface area contributed by atoms with E-state index in [4.69, 9.17) is 4.74 Å². The van der Waals surface area contributed by atoms with E-state index in [2.05, 4.69) is 10.6 Å². The number of halogens is 1. The number of hydrogen-bond donors (Lipinski definition) is 3. The first kappa shape index (κ1) is 15.8. The average Bonchev–Trinajstić information content (AvgIpc) is 2.79. The number of ether oxygens (including phenoxy) is 1. The lowest BCUT2D eigenvalue weighted by Crippen LogP contribution is -2.43. The minimum Gasteiger partial charge on any atom is -0.508 e. The van der Waals surface area contributed by atoms with Gasteiger partial charge in [0.25, 0.3) is 5.91 Å². The van der Waals surface area contributed by atoms with Crippen LogP contribution >= 0.6 is 12.4 Å². The van der Waals surface area contributed by atoms with E-state index in [1.807, 2.05) is 0 Å². The Morgan fingerprint density at radius 2 is 2.21 bits per heavy atom. The van der Waals surface area contributed by atoms with E-state index in [1.165, 1.54) is 0 Å². The number of phenolic OH excluding ortho intramolecular Hbond substituents is 1. The molecule has 19 heavy (non-hydrogen) atoms. The molecule has 1 amide bonds. The highest BCUT2D eigenvalue weighted by Crippen LogP contribution is 2.19. The minimum absolute atomic E-state index is 0. The first-order valence-corrected chi connectivity index (χ1v) is 5.96. The summed E-state index contributed by atoms with van der Waals surface area (Å²) in [5.74, 6) is -0.0466. The van der Waals surface area contributed by atoms with E-state index in [0.29, 0.717) is 17.7 Å². The number of carbonyl (C=O) groups excluding carboxylic acids is 1. The van der Waals surface area contributed by atoms with Crippen LogP contribution < -0.4 is 10.6 Å². The number of phenols is 1. The average molecular weight is 287 g/mol. The molecule has 2 atom stereocenters. The molecule has 3 N–H and O–H groups in total. The number of hydrogen-bond acceptors (Lipinski definition) is 4. The largest absolute Gasteiger partial charge is 0.508 e. The Hall–Kier alpha value is -1.30. The number of amides is 1. The molecular formula is C13H19ClN2O3. The third-order valence-electron chi connectivity index (χ3n) is 3.33. The second kappa shape index (κ2) is 6.75. The summed E-state index contributed by atoms with van der Waals surface area (Å²) in [6.07, 6.45) is -0.00781. The zero-order valence-electron chi connectivity index (χ0n) is 11.0. The topological polar surface area (TPSA) is 70.6 Å². The van der Waals surface area contributed by atoms with Crippen LogP contribution in [0, 0.1) is 6.92 Å². The van der Waals surface area contributed by atoms with Crippen molar-refractivity contribution in [2.75, 3.05) is 20.2 Å². The van der Waals surface area contributed by atoms with Crippen LogP contribution in [0.2, 0.25) is 0 Å². The van der Waals surface area contributed by atoms with Gasteiger partial charge < -0.3 is 20.5 Å². The highest BCUT2D eigenvalue weighted by atomic mass is 35.5. The van der Waals surface area contributed by atoms with E-state index >= 15 is 0 Å². The van der Waals surface area contributed by atoms with Crippen molar-refractivity contribution in [1.29, 1.82) is 0 Å². The molecule has 5 nitrogen and oxygen atoms in total. The number of rotatable bonds is 3. The molecule has 106 valence electrons. The molecule has 1 aliphatic heterocycles. The lowest BCUT2D eigenvalue weighted by Gasteiger charge is -2.19. The molecule has 0 saturated carbocycles. The standard InChI is InChI=1S/C13H18N2O3.ClH/c1-8-9(4-3-5-11(8)16)13(17)15-10-6-14-7-12(10)18-2;/h3-5,10,12,14,16H,6-7H2,1-2H3,(H,15,17);1H/t10-,12-;/m0./s1. The predicted molar refractivity (Wildman–Crippen MR) is 75.0 cm³/mol. The monoisotopic (exact) mass is 286 g/mol. The van der Waals surface area contributed by atoms with E-state index in [9.17, 15) is 9.90 Å². The molecule has 1 heterocycles. The number of benzene rings is 1. The molecular weight excluding hydrogens is 268 g/mol. The van der Waals surface area contributed by atoms with Crippen molar-refractivity contribution in [3.05, 3.63) is 29.3 Å². The molecule has 0 aromatic heterocycles. The maximum Gasteiger partial charge on any atom is 0.252 e. The predicted octanol–water partition coefficient (Wildman–Crippen LogP) is 0.839. The van der Waals surface area contributed by atoms with Crippen molar-refractivity contribution in [3.8, 4) is 5.75 Å². The minimum atomic E-state index is -0.181. The molecule has 1 fully saturated rings. The van der Waals surface area contributed by atoms with Gasteiger partial charge in [-0.25, -0.2) is 0 Å². The van der Waals surface area contributed by atoms with Gasteiger partial charge in [-0.3, -0.25) is 4.79 Å². The molecule has 0 spiro atoms. The fourth-order valence-electron chi connectivity index (χ4n) is 2.16. The fourth-order valence-corrected chi connectivity index (χ4v) is 2.16. The normalized spacial score (nSPS) is 21.8. The summed E-state index contributed by atoms with van der Waals surface area (Å²) in [6.45, 7) is 3.16. The van der Waals surface area contributed by atoms with Gasteiger partial charge >= 0.3 is 0 Å². The first-order valence-electron chi connectivity index (χ1n) is 5.96. The first-order chi connectivity index (χ1) is 8.63. The van der Waals surface area contributed by atoms with Crippen molar-refractivity contribution in [3.63, 3.8) is 0 Å². The molecule has 2 rings (SSSR count). The summed E-state index contributed by atoms with van der Waals surface area (Å²) in [4.78, 5) is 12.1. The Morgan fingerprint density at radius 1 is 1.47 bits per heavy atom. The summed E-state index contributed by atoms with van der Waals surface area (Å²) < 4.78 is 5.29. The Labute approximate surface area is 118 Å². The second-order valence-electron chi connectivity index (χ2n) is 4.46. The summed E-state index contributed by atoms with van der Waals surface area (Å²) in [6, 6.07) is 4.90. The van der Waals surface area contributed by atoms with Gasteiger partial charge in [-0.1, -0.05) is 6.07 Å². The van der Waals surface area contributed by atoms with Crippen LogP contribution in [-0.2, 0) is 4.74 Å². The molecule has 1 saturated heterocycles. The summed E-state index contributed by atoms with van der Waals surface area (Å²) >= 11 is 0. The SMILES string of the molecule is CO[C@H]1CNC[C@@H]1NC(=O)c1cccc(O)c1C.Cl. The molecule has 1 aromatic rings. The van der Waals surface area contributed by atoms with Gasteiger partial charge in [0.15, 0.2) is 0 Å². The van der Waals surface area contributed by atoms with Crippen molar-refractivity contribution < 1.29 is 14.6 Å². The van der Waals surface area contributed by atoms with Crippen LogP contribution in [0.1, 0.15) is 15.9 Å². The van der Waals surface area contributed by atoms with Gasteiger partial charge in [-0.2, -0.15) is 0 Å². The molecule has 0 unspecified atom stereocenters. The van der Waals surface area contributed by atoms with Crippen LogP contribution in [0.4, 0.5) is 0 Å². The smallest absolute Gasteiger partial charge is 0.252 e. The van der Waals surface area contributed by atoms with E-state index < -0.39 is 0 Å². The van der Waals surface area contributed by atoms with Crippen LogP contribution in [0.15, 0.2) is 18.2 Å². The van der Waals surface area contributed by atoms with Gasteiger partial charge in [0, 0.05) is 31.3 Å². The van der Waals surface area contributed by atoms with Crippen LogP contribution in [0.25, 0.3) is 0 Å². The van der Waals surface area contributed by atoms with E-state index in [1.54, 1.807) is 32.2 Å². The highest BCUT2D eigenvalue weighted by molar-refractivity contribution is 5.96. The number of nitrogens with one attached hydrogen (secondary N) is 2. The van der Waals surface area contributed by atoms with Crippen LogP contribution in [0.5, 0.6) is 5.75 Å². The molecule has 0 aliphatic carbocycles. The van der Waals surface area contributed by atoms with Gasteiger partial charge in [0.2, 0.25) is 0 Å². The van der Waals surface area contributed by atoms with Crippen molar-refractivity contribution in [2.24, 2.45) is 0 Å². The molecule has 0 radical (unpaired) electrons. The van der Waals surface area contributed by atoms with Gasteiger partial charge in [-0.15, -0.1) is 12.4 Å². The highest BCUT2D eigenvalue weighted by Gasteiger charge is 2.28. The maximum atomic E-state index is 12.1. The summed E-state index contributed by atoms with van der Waals surface area (Å²) in [5, 5.41) is 15.7. The van der Waals surface area contributed by atoms with Crippen LogP contribution in [-0.4, -0.2) is 43.4 Å². The summed E-state index contributed by atoms with van der Waals surface area (Å²) in [7, 11) is 1.64. The quantitative estimate of drug-likeness (QED) is 0.770. The van der Waals surface area contributed by atoms with E-state index in [0.717, 1.165) is 6.54 Å². The number of aromatic hydroxyl groups is 1. The molecule has 1 aliphatic rings. The zero-order chi connectivity index (χ0) is 13.1. The molecule has 6 heteroatoms. The van der Waals surface area contributed by atoms with Crippen molar-refractivity contribution >= 4 is 18.3 Å². The third-order valence-corrected chi connectivity index (χ3v) is 3.33. The Kier molecular flexibility index (Phi) is 5.60. The lowest BCUT2D eigenvalue weighted by molar-refractivity contribution is 0.0779. The molecule has 1 aromatic carbocycles. The Morgan fingerprint density at radius 3 is 2.89 bits per heavy atom. The van der Waals surface area contributed by atoms with Crippen molar-refractivity contribution in [1.82, 2.24) is 10.6 Å². The van der Waals surface area contributed by atoms with Gasteiger partial charge in [0.1, 0.15) is 5.75 Å². The van der Waals surface area contributed by atoms with Gasteiger partial charge in [0.05, 0.1) is 12.1 Å². The lowest BCUT2D eigenvalue weighted by atomic mass is 10.1. The van der Waals surface area contributed by atoms with E-state index in [-0.39, 0.29) is 36.2 Å². The third kappa shape index (κ3) is 3.37. The number of methoxy groups -OCH3 is 1. The maximum absolute atomic E-state index is 12.1. The summed E-state index contributed by atoms with van der Waals surface area (Å²) in [5.41, 5.74) is 1.09. The van der Waals surface area contributed by atoms with Crippen LogP contribution in [0.3, 0.4) is 0 Å². The second-order valence-corrected chi connectivity index (χ2v) is 4.46. The van der Waals surface area contributed by atoms with Gasteiger partial charge in [-0.05, 0) is 19.1 Å². The van der Waals surface area contributed by atoms with Crippen molar-refractivity contribution in [2.45, 2.75) is 19.1 Å². The molecule has 0 bridgehead atoms. The Bertz CT molecular complexity index is 454. The fraction of sp³-hybridized carbons (Fsp3) is 0.462. The zero-order valence-corrected chi connectivity index (χ0v) is 11.8. The number of carbonyl (C=O) groups is 1.